The summed E-state index contributed by atoms with van der Waals surface area (Å²) >= 11 is 0. The van der Waals surface area contributed by atoms with Crippen molar-refractivity contribution in [1.82, 2.24) is 9.71 Å². The summed E-state index contributed by atoms with van der Waals surface area (Å²) in [5.41, 5.74) is -1.06. The highest BCUT2D eigenvalue weighted by Crippen LogP contribution is 2.26. The monoisotopic (exact) mass is 242 g/mol. The van der Waals surface area contributed by atoms with Crippen LogP contribution in [0.4, 0.5) is 0 Å². The van der Waals surface area contributed by atoms with E-state index in [2.05, 4.69) is 4.98 Å². The summed E-state index contributed by atoms with van der Waals surface area (Å²) < 4.78 is 24.9. The molecular weight excluding hydrogens is 236 g/mol. The molecule has 0 fully saturated rings. The fourth-order valence-corrected chi connectivity index (χ4v) is 2.51. The molecule has 0 spiro atoms. The molecule has 1 aliphatic rings. The Morgan fingerprint density at radius 2 is 2.12 bits per heavy atom. The molecule has 84 valence electrons. The summed E-state index contributed by atoms with van der Waals surface area (Å²) in [6.45, 7) is 0. The summed E-state index contributed by atoms with van der Waals surface area (Å²) in [5, 5.41) is 18.2. The fourth-order valence-electron chi connectivity index (χ4n) is 1.29. The van der Waals surface area contributed by atoms with E-state index < -0.39 is 27.4 Å². The quantitative estimate of drug-likeness (QED) is 0.621. The van der Waals surface area contributed by atoms with Crippen molar-refractivity contribution < 1.29 is 23.4 Å². The van der Waals surface area contributed by atoms with Gasteiger partial charge in [-0.2, -0.15) is 0 Å². The summed E-state index contributed by atoms with van der Waals surface area (Å²) in [4.78, 5) is 14.1. The first-order valence-electron chi connectivity index (χ1n) is 4.08. The lowest BCUT2D eigenvalue weighted by Crippen LogP contribution is -2.33. The Kier molecular flexibility index (Phi) is 2.09. The highest BCUT2D eigenvalue weighted by atomic mass is 32.2. The van der Waals surface area contributed by atoms with E-state index in [1.807, 2.05) is 0 Å². The average Bonchev–Trinajstić information content (AvgIpc) is 2.23. The molecule has 1 aromatic heterocycles. The SMILES string of the molecule is O=C(O)C1=C(O)c2ncccc2S(=O)(=O)N1. The normalized spacial score (nSPS) is 17.5. The lowest BCUT2D eigenvalue weighted by molar-refractivity contribution is -0.132. The molecule has 0 saturated heterocycles. The third kappa shape index (κ3) is 1.39. The minimum Gasteiger partial charge on any atom is -0.504 e. The maximum Gasteiger partial charge on any atom is 0.356 e. The maximum atomic E-state index is 11.6. The fraction of sp³-hybridized carbons (Fsp3) is 0. The number of carbonyl (C=O) groups is 1. The second-order valence-electron chi connectivity index (χ2n) is 2.98. The molecule has 2 heterocycles. The van der Waals surface area contributed by atoms with Crippen LogP contribution in [0.15, 0.2) is 28.9 Å². The Balaban J connectivity index is 2.80. The molecule has 16 heavy (non-hydrogen) atoms. The molecule has 0 unspecified atom stereocenters. The zero-order valence-electron chi connectivity index (χ0n) is 7.71. The number of hydrogen-bond acceptors (Lipinski definition) is 5. The maximum absolute atomic E-state index is 11.6. The van der Waals surface area contributed by atoms with Crippen LogP contribution in [0, 0.1) is 0 Å². The van der Waals surface area contributed by atoms with Crippen LogP contribution in [-0.2, 0) is 14.8 Å². The molecule has 0 aromatic carbocycles. The molecule has 0 aliphatic carbocycles. The number of carboxylic acid groups (broad SMARTS) is 1. The van der Waals surface area contributed by atoms with Crippen molar-refractivity contribution >= 4 is 21.8 Å². The summed E-state index contributed by atoms with van der Waals surface area (Å²) in [5.74, 6) is -2.27. The van der Waals surface area contributed by atoms with Crippen LogP contribution in [-0.4, -0.2) is 29.6 Å². The van der Waals surface area contributed by atoms with Crippen molar-refractivity contribution in [3.8, 4) is 0 Å². The third-order valence-electron chi connectivity index (χ3n) is 1.97. The number of carboxylic acids is 1. The Morgan fingerprint density at radius 3 is 2.75 bits per heavy atom. The summed E-state index contributed by atoms with van der Waals surface area (Å²) in [6, 6.07) is 2.59. The highest BCUT2D eigenvalue weighted by Gasteiger charge is 2.33. The van der Waals surface area contributed by atoms with E-state index in [0.717, 1.165) is 0 Å². The first-order chi connectivity index (χ1) is 7.43. The molecule has 0 amide bonds. The summed E-state index contributed by atoms with van der Waals surface area (Å²) in [6.07, 6.45) is 1.26. The topological polar surface area (TPSA) is 117 Å². The number of aromatic nitrogens is 1. The Labute approximate surface area is 90.1 Å². The van der Waals surface area contributed by atoms with E-state index in [-0.39, 0.29) is 10.6 Å². The van der Waals surface area contributed by atoms with Crippen molar-refractivity contribution in [3.63, 3.8) is 0 Å². The summed E-state index contributed by atoms with van der Waals surface area (Å²) in [7, 11) is -3.98. The average molecular weight is 242 g/mol. The van der Waals surface area contributed by atoms with E-state index in [1.165, 1.54) is 18.3 Å². The van der Waals surface area contributed by atoms with Crippen molar-refractivity contribution in [2.24, 2.45) is 0 Å². The predicted octanol–water partition coefficient (Wildman–Crippen LogP) is -0.315. The molecule has 0 atom stereocenters. The molecule has 1 aromatic rings. The van der Waals surface area contributed by atoms with E-state index >= 15 is 0 Å². The van der Waals surface area contributed by atoms with Crippen molar-refractivity contribution in [1.29, 1.82) is 0 Å². The van der Waals surface area contributed by atoms with Gasteiger partial charge in [-0.15, -0.1) is 0 Å². The van der Waals surface area contributed by atoms with Crippen LogP contribution in [0.5, 0.6) is 0 Å². The zero-order chi connectivity index (χ0) is 11.9. The number of sulfonamides is 1. The van der Waals surface area contributed by atoms with Crippen LogP contribution < -0.4 is 4.72 Å². The molecule has 2 rings (SSSR count). The standard InChI is InChI=1S/C8H6N2O5S/c11-7-5-4(2-1-3-9-5)16(14,15)10-6(7)8(12)13/h1-3,10-11H,(H,12,13). The van der Waals surface area contributed by atoms with Crippen LogP contribution in [0.2, 0.25) is 0 Å². The lowest BCUT2D eigenvalue weighted by Gasteiger charge is -2.17. The first-order valence-corrected chi connectivity index (χ1v) is 5.56. The minimum atomic E-state index is -3.98. The molecule has 7 nitrogen and oxygen atoms in total. The molecular formula is C8H6N2O5S. The molecule has 0 bridgehead atoms. The number of rotatable bonds is 1. The number of aliphatic carboxylic acids is 1. The third-order valence-corrected chi connectivity index (χ3v) is 3.35. The van der Waals surface area contributed by atoms with Crippen molar-refractivity contribution in [2.45, 2.75) is 4.90 Å². The number of nitrogens with one attached hydrogen (secondary N) is 1. The van der Waals surface area contributed by atoms with E-state index in [0.29, 0.717) is 0 Å². The van der Waals surface area contributed by atoms with Crippen LogP contribution in [0.1, 0.15) is 5.69 Å². The number of pyridine rings is 1. The Morgan fingerprint density at radius 1 is 1.44 bits per heavy atom. The van der Waals surface area contributed by atoms with Gasteiger partial charge in [0.25, 0.3) is 10.0 Å². The van der Waals surface area contributed by atoms with E-state index in [1.54, 1.807) is 4.72 Å². The molecule has 3 N–H and O–H groups in total. The van der Waals surface area contributed by atoms with Crippen LogP contribution >= 0.6 is 0 Å². The van der Waals surface area contributed by atoms with Crippen molar-refractivity contribution in [2.75, 3.05) is 0 Å². The van der Waals surface area contributed by atoms with Gasteiger partial charge in [0.2, 0.25) is 0 Å². The van der Waals surface area contributed by atoms with Crippen molar-refractivity contribution in [3.05, 3.63) is 29.7 Å². The number of aliphatic hydroxyl groups excluding tert-OH is 1. The van der Waals surface area contributed by atoms with E-state index in [4.69, 9.17) is 5.11 Å². The molecule has 1 aliphatic heterocycles. The van der Waals surface area contributed by atoms with Gasteiger partial charge in [0.1, 0.15) is 10.6 Å². The Hall–Kier alpha value is -2.09. The number of nitrogens with zero attached hydrogens (tertiary/aromatic N) is 1. The molecule has 8 heteroatoms. The van der Waals surface area contributed by atoms with Gasteiger partial charge in [0, 0.05) is 6.20 Å². The second-order valence-corrected chi connectivity index (χ2v) is 4.64. The first kappa shape index (κ1) is 10.4. The smallest absolute Gasteiger partial charge is 0.356 e. The zero-order valence-corrected chi connectivity index (χ0v) is 8.52. The van der Waals surface area contributed by atoms with Crippen LogP contribution in [0.25, 0.3) is 5.76 Å². The highest BCUT2D eigenvalue weighted by molar-refractivity contribution is 7.89. The van der Waals surface area contributed by atoms with Gasteiger partial charge in [-0.25, -0.2) is 13.2 Å². The van der Waals surface area contributed by atoms with E-state index in [9.17, 15) is 18.3 Å². The number of aliphatic hydroxyl groups is 1. The number of hydrogen-bond donors (Lipinski definition) is 3. The molecule has 0 radical (unpaired) electrons. The van der Waals surface area contributed by atoms with Gasteiger partial charge >= 0.3 is 5.97 Å². The van der Waals surface area contributed by atoms with Gasteiger partial charge < -0.3 is 10.2 Å². The minimum absolute atomic E-state index is 0.252. The second kappa shape index (κ2) is 3.20. The van der Waals surface area contributed by atoms with Gasteiger partial charge in [0.15, 0.2) is 11.5 Å². The Bertz CT molecular complexity index is 605. The van der Waals surface area contributed by atoms with Gasteiger partial charge in [0.05, 0.1) is 0 Å². The predicted molar refractivity (Wildman–Crippen MR) is 51.7 cm³/mol. The van der Waals surface area contributed by atoms with Gasteiger partial charge in [-0.1, -0.05) is 0 Å². The largest absolute Gasteiger partial charge is 0.504 e. The van der Waals surface area contributed by atoms with Gasteiger partial charge in [-0.05, 0) is 12.1 Å². The lowest BCUT2D eigenvalue weighted by atomic mass is 10.2. The molecule has 0 saturated carbocycles. The van der Waals surface area contributed by atoms with Gasteiger partial charge in [-0.3, -0.25) is 9.71 Å². The van der Waals surface area contributed by atoms with Crippen LogP contribution in [0.3, 0.4) is 0 Å². The number of fused-ring (bicyclic) bond motifs is 1.